The summed E-state index contributed by atoms with van der Waals surface area (Å²) in [5.41, 5.74) is 7.72. The number of nitrogens with two attached hydrogens (primary N) is 1. The van der Waals surface area contributed by atoms with Crippen LogP contribution >= 0.6 is 0 Å². The summed E-state index contributed by atoms with van der Waals surface area (Å²) in [6, 6.07) is 8.09. The number of carboxylic acids is 1. The number of carbonyl (C=O) groups excluding carboxylic acids is 1. The van der Waals surface area contributed by atoms with Gasteiger partial charge >= 0.3 is 5.97 Å². The first kappa shape index (κ1) is 16.7. The minimum Gasteiger partial charge on any atom is -0.480 e. The average Bonchev–Trinajstić information content (AvgIpc) is 2.51. The number of aliphatic carboxylic acids is 1. The van der Waals surface area contributed by atoms with E-state index in [1.54, 1.807) is 25.1 Å². The topological polar surface area (TPSA) is 105 Å². The predicted octanol–water partition coefficient (Wildman–Crippen LogP) is 1.97. The maximum Gasteiger partial charge on any atom is 0.326 e. The first-order valence-corrected chi connectivity index (χ1v) is 7.58. The molecule has 1 aromatic carbocycles. The molecule has 0 fully saturated rings. The van der Waals surface area contributed by atoms with Gasteiger partial charge in [0.15, 0.2) is 0 Å². The van der Waals surface area contributed by atoms with Gasteiger partial charge in [0.05, 0.1) is 17.6 Å². The molecule has 0 saturated heterocycles. The first-order valence-electron chi connectivity index (χ1n) is 7.58. The van der Waals surface area contributed by atoms with E-state index in [9.17, 15) is 14.7 Å². The van der Waals surface area contributed by atoms with Gasteiger partial charge in [0.2, 0.25) is 5.91 Å². The Morgan fingerprint density at radius 2 is 2.04 bits per heavy atom. The van der Waals surface area contributed by atoms with Crippen LogP contribution in [-0.2, 0) is 16.0 Å². The van der Waals surface area contributed by atoms with E-state index in [-0.39, 0.29) is 18.2 Å². The molecule has 0 spiro atoms. The van der Waals surface area contributed by atoms with Gasteiger partial charge in [-0.2, -0.15) is 0 Å². The lowest BCUT2D eigenvalue weighted by Gasteiger charge is -2.20. The Morgan fingerprint density at radius 1 is 1.30 bits per heavy atom. The molecule has 6 nitrogen and oxygen atoms in total. The Balaban J connectivity index is 2.10. The fraction of sp³-hybridized carbons (Fsp3) is 0.353. The third-order valence-corrected chi connectivity index (χ3v) is 3.91. The third kappa shape index (κ3) is 4.18. The number of pyridine rings is 1. The molecule has 2 unspecified atom stereocenters. The van der Waals surface area contributed by atoms with Crippen molar-refractivity contribution in [3.8, 4) is 0 Å². The fourth-order valence-corrected chi connectivity index (χ4v) is 2.36. The molecule has 122 valence electrons. The Bertz CT molecular complexity index is 730. The number of nitrogen functional groups attached to an aromatic ring is 1. The van der Waals surface area contributed by atoms with Crippen molar-refractivity contribution < 1.29 is 14.7 Å². The van der Waals surface area contributed by atoms with E-state index < -0.39 is 12.0 Å². The van der Waals surface area contributed by atoms with E-state index in [0.717, 1.165) is 10.9 Å². The molecule has 1 amide bonds. The molecule has 0 bridgehead atoms. The van der Waals surface area contributed by atoms with Gasteiger partial charge in [-0.1, -0.05) is 26.3 Å². The van der Waals surface area contributed by atoms with Gasteiger partial charge in [0.1, 0.15) is 6.04 Å². The number of hydrogen-bond donors (Lipinski definition) is 3. The molecule has 0 aliphatic heterocycles. The van der Waals surface area contributed by atoms with Crippen LogP contribution in [0.3, 0.4) is 0 Å². The highest BCUT2D eigenvalue weighted by atomic mass is 16.4. The molecular weight excluding hydrogens is 294 g/mol. The zero-order valence-electron chi connectivity index (χ0n) is 13.2. The molecule has 23 heavy (non-hydrogen) atoms. The highest BCUT2D eigenvalue weighted by Gasteiger charge is 2.25. The molecule has 0 saturated carbocycles. The Hall–Kier alpha value is -2.63. The predicted molar refractivity (Wildman–Crippen MR) is 88.9 cm³/mol. The van der Waals surface area contributed by atoms with Crippen molar-refractivity contribution in [2.45, 2.75) is 32.7 Å². The van der Waals surface area contributed by atoms with Gasteiger partial charge in [0.25, 0.3) is 0 Å². The Kier molecular flexibility index (Phi) is 5.16. The van der Waals surface area contributed by atoms with Gasteiger partial charge < -0.3 is 16.2 Å². The number of amides is 1. The first-order chi connectivity index (χ1) is 10.9. The molecule has 0 aliphatic carbocycles. The zero-order valence-corrected chi connectivity index (χ0v) is 13.2. The molecule has 1 aromatic heterocycles. The molecule has 2 aromatic rings. The van der Waals surface area contributed by atoms with Crippen LogP contribution in [0.1, 0.15) is 26.0 Å². The standard InChI is InChI=1S/C17H21N3O3/c1-3-10(2)16(17(22)23)20-15(21)9-13-6-4-11-8-12(18)5-7-14(11)19-13/h4-8,10,16H,3,9,18H2,1-2H3,(H,20,21)(H,22,23). The number of nitrogens with zero attached hydrogens (tertiary/aromatic N) is 1. The van der Waals surface area contributed by atoms with Crippen LogP contribution in [0.25, 0.3) is 10.9 Å². The highest BCUT2D eigenvalue weighted by Crippen LogP contribution is 2.16. The molecule has 4 N–H and O–H groups in total. The van der Waals surface area contributed by atoms with Crippen molar-refractivity contribution in [1.29, 1.82) is 0 Å². The van der Waals surface area contributed by atoms with Crippen LogP contribution in [0.15, 0.2) is 30.3 Å². The summed E-state index contributed by atoms with van der Waals surface area (Å²) in [5, 5.41) is 12.7. The van der Waals surface area contributed by atoms with Crippen LogP contribution < -0.4 is 11.1 Å². The van der Waals surface area contributed by atoms with Gasteiger partial charge in [-0.25, -0.2) is 4.79 Å². The summed E-state index contributed by atoms with van der Waals surface area (Å²) in [5.74, 6) is -1.50. The fourth-order valence-electron chi connectivity index (χ4n) is 2.36. The third-order valence-electron chi connectivity index (χ3n) is 3.91. The molecule has 0 aliphatic rings. The van der Waals surface area contributed by atoms with Crippen LogP contribution in [0.5, 0.6) is 0 Å². The summed E-state index contributed by atoms with van der Waals surface area (Å²) < 4.78 is 0. The quantitative estimate of drug-likeness (QED) is 0.707. The van der Waals surface area contributed by atoms with Crippen LogP contribution in [0, 0.1) is 5.92 Å². The monoisotopic (exact) mass is 315 g/mol. The number of anilines is 1. The van der Waals surface area contributed by atoms with Gasteiger partial charge in [-0.3, -0.25) is 9.78 Å². The van der Waals surface area contributed by atoms with Crippen LogP contribution in [-0.4, -0.2) is 28.0 Å². The van der Waals surface area contributed by atoms with Gasteiger partial charge in [0, 0.05) is 11.1 Å². The number of fused-ring (bicyclic) bond motifs is 1. The second-order valence-corrected chi connectivity index (χ2v) is 5.70. The molecule has 2 rings (SSSR count). The van der Waals surface area contributed by atoms with Crippen LogP contribution in [0.4, 0.5) is 5.69 Å². The lowest BCUT2D eigenvalue weighted by atomic mass is 9.99. The van der Waals surface area contributed by atoms with Crippen molar-refractivity contribution in [3.05, 3.63) is 36.0 Å². The normalized spacial score (nSPS) is 13.5. The Morgan fingerprint density at radius 3 is 2.70 bits per heavy atom. The zero-order chi connectivity index (χ0) is 17.0. The van der Waals surface area contributed by atoms with E-state index in [2.05, 4.69) is 10.3 Å². The second kappa shape index (κ2) is 7.09. The summed E-state index contributed by atoms with van der Waals surface area (Å²) in [7, 11) is 0. The number of aromatic nitrogens is 1. The summed E-state index contributed by atoms with van der Waals surface area (Å²) in [6.45, 7) is 3.70. The molecule has 6 heteroatoms. The molecule has 0 radical (unpaired) electrons. The van der Waals surface area contributed by atoms with E-state index in [1.165, 1.54) is 0 Å². The molecule has 1 heterocycles. The lowest BCUT2D eigenvalue weighted by molar-refractivity contribution is -0.143. The molecular formula is C17H21N3O3. The summed E-state index contributed by atoms with van der Waals surface area (Å²) in [4.78, 5) is 27.8. The number of benzene rings is 1. The number of hydrogen-bond acceptors (Lipinski definition) is 4. The van der Waals surface area contributed by atoms with Crippen molar-refractivity contribution in [3.63, 3.8) is 0 Å². The largest absolute Gasteiger partial charge is 0.480 e. The van der Waals surface area contributed by atoms with E-state index in [1.807, 2.05) is 19.1 Å². The number of nitrogens with one attached hydrogen (secondary N) is 1. The second-order valence-electron chi connectivity index (χ2n) is 5.70. The van der Waals surface area contributed by atoms with Crippen molar-refractivity contribution in [2.24, 2.45) is 5.92 Å². The highest BCUT2D eigenvalue weighted by molar-refractivity contribution is 5.86. The van der Waals surface area contributed by atoms with Gasteiger partial charge in [-0.15, -0.1) is 0 Å². The molecule has 2 atom stereocenters. The SMILES string of the molecule is CCC(C)C(NC(=O)Cc1ccc2cc(N)ccc2n1)C(=O)O. The number of rotatable bonds is 6. The minimum absolute atomic E-state index is 0.0422. The smallest absolute Gasteiger partial charge is 0.326 e. The van der Waals surface area contributed by atoms with Crippen LogP contribution in [0.2, 0.25) is 0 Å². The average molecular weight is 315 g/mol. The minimum atomic E-state index is -1.02. The summed E-state index contributed by atoms with van der Waals surface area (Å²) >= 11 is 0. The van der Waals surface area contributed by atoms with E-state index >= 15 is 0 Å². The maximum absolute atomic E-state index is 12.1. The Labute approximate surface area is 134 Å². The number of carbonyl (C=O) groups is 2. The van der Waals surface area contributed by atoms with Gasteiger partial charge in [-0.05, 0) is 30.2 Å². The van der Waals surface area contributed by atoms with Crippen molar-refractivity contribution in [1.82, 2.24) is 10.3 Å². The van der Waals surface area contributed by atoms with E-state index in [4.69, 9.17) is 5.73 Å². The maximum atomic E-state index is 12.1. The van der Waals surface area contributed by atoms with Crippen molar-refractivity contribution in [2.75, 3.05) is 5.73 Å². The number of carboxylic acid groups (broad SMARTS) is 1. The van der Waals surface area contributed by atoms with E-state index in [0.29, 0.717) is 17.8 Å². The lowest BCUT2D eigenvalue weighted by Crippen LogP contribution is -2.45. The van der Waals surface area contributed by atoms with Crippen molar-refractivity contribution >= 4 is 28.5 Å². The summed E-state index contributed by atoms with van der Waals surface area (Å²) in [6.07, 6.45) is 0.716.